The van der Waals surface area contributed by atoms with E-state index >= 15 is 0 Å². The smallest absolute Gasteiger partial charge is 0.263 e. The van der Waals surface area contributed by atoms with Gasteiger partial charge in [-0.3, -0.25) is 9.52 Å². The van der Waals surface area contributed by atoms with E-state index in [1.807, 2.05) is 0 Å². The molecule has 0 aliphatic carbocycles. The fourth-order valence-electron chi connectivity index (χ4n) is 1.23. The van der Waals surface area contributed by atoms with E-state index in [0.717, 1.165) is 11.5 Å². The molecular formula is C9H8N4O3S2. The summed E-state index contributed by atoms with van der Waals surface area (Å²) in [5.74, 6) is -0.204. The molecule has 18 heavy (non-hydrogen) atoms. The van der Waals surface area contributed by atoms with E-state index in [1.54, 1.807) is 6.07 Å². The van der Waals surface area contributed by atoms with Gasteiger partial charge < -0.3 is 0 Å². The third-order valence-electron chi connectivity index (χ3n) is 2.07. The molecule has 0 unspecified atom stereocenters. The standard InChI is InChI=1S/C9H8N4O3S2/c1-6(14)7-3-2-4-8(5-7)18(15,16)11-9-10-12-13-17-9/h2-5H,1H3,(H,10,11,13). The van der Waals surface area contributed by atoms with Crippen LogP contribution in [0.15, 0.2) is 29.2 Å². The highest BCUT2D eigenvalue weighted by molar-refractivity contribution is 7.93. The highest BCUT2D eigenvalue weighted by Gasteiger charge is 2.17. The Kier molecular flexibility index (Phi) is 3.34. The number of ketones is 1. The average molecular weight is 284 g/mol. The predicted octanol–water partition coefficient (Wildman–Crippen LogP) is 0.937. The van der Waals surface area contributed by atoms with Crippen molar-refractivity contribution in [3.63, 3.8) is 0 Å². The molecule has 2 rings (SSSR count). The van der Waals surface area contributed by atoms with E-state index in [0.29, 0.717) is 5.56 Å². The molecule has 1 aromatic carbocycles. The molecule has 0 amide bonds. The topological polar surface area (TPSA) is 102 Å². The first-order valence-electron chi connectivity index (χ1n) is 4.78. The van der Waals surface area contributed by atoms with Crippen molar-refractivity contribution >= 4 is 32.5 Å². The van der Waals surface area contributed by atoms with Crippen LogP contribution in [0.2, 0.25) is 0 Å². The summed E-state index contributed by atoms with van der Waals surface area (Å²) >= 11 is 0.826. The second-order valence-electron chi connectivity index (χ2n) is 3.36. The Morgan fingerprint density at radius 2 is 2.17 bits per heavy atom. The van der Waals surface area contributed by atoms with Gasteiger partial charge in [0.05, 0.1) is 4.90 Å². The maximum absolute atomic E-state index is 12.0. The number of anilines is 1. The first kappa shape index (κ1) is 12.6. The number of nitrogens with zero attached hydrogens (tertiary/aromatic N) is 3. The molecule has 1 aromatic heterocycles. The highest BCUT2D eigenvalue weighted by atomic mass is 32.2. The third-order valence-corrected chi connectivity index (χ3v) is 4.05. The van der Waals surface area contributed by atoms with Crippen molar-refractivity contribution in [1.82, 2.24) is 14.8 Å². The lowest BCUT2D eigenvalue weighted by Crippen LogP contribution is -2.13. The van der Waals surface area contributed by atoms with Crippen LogP contribution >= 0.6 is 11.5 Å². The average Bonchev–Trinajstić information content (AvgIpc) is 2.81. The van der Waals surface area contributed by atoms with Crippen LogP contribution in [0.25, 0.3) is 0 Å². The van der Waals surface area contributed by atoms with Crippen LogP contribution in [0.3, 0.4) is 0 Å². The molecule has 94 valence electrons. The summed E-state index contributed by atoms with van der Waals surface area (Å²) in [6, 6.07) is 5.75. The normalized spacial score (nSPS) is 11.2. The number of rotatable bonds is 4. The van der Waals surface area contributed by atoms with Crippen molar-refractivity contribution in [1.29, 1.82) is 0 Å². The predicted molar refractivity (Wildman–Crippen MR) is 65.0 cm³/mol. The molecule has 9 heteroatoms. The molecule has 0 saturated heterocycles. The number of hydrogen-bond donors (Lipinski definition) is 1. The molecule has 0 saturated carbocycles. The van der Waals surface area contributed by atoms with Crippen LogP contribution in [0, 0.1) is 0 Å². The minimum Gasteiger partial charge on any atom is -0.295 e. The van der Waals surface area contributed by atoms with E-state index in [9.17, 15) is 13.2 Å². The molecule has 0 fully saturated rings. The molecule has 1 N–H and O–H groups in total. The zero-order valence-electron chi connectivity index (χ0n) is 9.19. The van der Waals surface area contributed by atoms with Gasteiger partial charge in [-0.25, -0.2) is 8.42 Å². The van der Waals surface area contributed by atoms with Crippen molar-refractivity contribution in [2.75, 3.05) is 4.72 Å². The van der Waals surface area contributed by atoms with Crippen LogP contribution in [0.4, 0.5) is 5.13 Å². The number of carbonyl (C=O) groups excluding carboxylic acids is 1. The number of sulfonamides is 1. The Balaban J connectivity index is 2.35. The van der Waals surface area contributed by atoms with E-state index in [2.05, 4.69) is 19.5 Å². The number of Topliss-reactive ketones (excluding diaryl/α,β-unsaturated/α-hetero) is 1. The summed E-state index contributed by atoms with van der Waals surface area (Å²) in [6.45, 7) is 1.37. The molecule has 0 radical (unpaired) electrons. The van der Waals surface area contributed by atoms with Gasteiger partial charge in [-0.2, -0.15) is 0 Å². The minimum atomic E-state index is -3.77. The van der Waals surface area contributed by atoms with Crippen LogP contribution in [-0.4, -0.2) is 29.0 Å². The van der Waals surface area contributed by atoms with Gasteiger partial charge in [0.25, 0.3) is 10.0 Å². The highest BCUT2D eigenvalue weighted by Crippen LogP contribution is 2.17. The molecule has 0 bridgehead atoms. The molecule has 0 spiro atoms. The molecular weight excluding hydrogens is 276 g/mol. The summed E-state index contributed by atoms with van der Waals surface area (Å²) in [4.78, 5) is 11.2. The Morgan fingerprint density at radius 1 is 1.39 bits per heavy atom. The molecule has 0 atom stereocenters. The van der Waals surface area contributed by atoms with Gasteiger partial charge in [0, 0.05) is 17.1 Å². The second kappa shape index (κ2) is 4.78. The Hall–Kier alpha value is -1.87. The fraction of sp³-hybridized carbons (Fsp3) is 0.111. The lowest BCUT2D eigenvalue weighted by molar-refractivity contribution is 0.101. The van der Waals surface area contributed by atoms with Crippen LogP contribution in [0.1, 0.15) is 17.3 Å². The lowest BCUT2D eigenvalue weighted by atomic mass is 10.2. The number of nitrogens with one attached hydrogen (secondary N) is 1. The van der Waals surface area contributed by atoms with Crippen molar-refractivity contribution in [3.8, 4) is 0 Å². The van der Waals surface area contributed by atoms with E-state index in [-0.39, 0.29) is 15.8 Å². The van der Waals surface area contributed by atoms with Crippen molar-refractivity contribution < 1.29 is 13.2 Å². The number of benzene rings is 1. The SMILES string of the molecule is CC(=O)c1cccc(S(=O)(=O)Nc2nnns2)c1. The van der Waals surface area contributed by atoms with Gasteiger partial charge in [0.1, 0.15) is 0 Å². The molecule has 0 aliphatic rings. The summed E-state index contributed by atoms with van der Waals surface area (Å²) in [7, 11) is -3.77. The summed E-state index contributed by atoms with van der Waals surface area (Å²) < 4.78 is 29.6. The van der Waals surface area contributed by atoms with E-state index in [4.69, 9.17) is 0 Å². The van der Waals surface area contributed by atoms with E-state index in [1.165, 1.54) is 25.1 Å². The molecule has 7 nitrogen and oxygen atoms in total. The Morgan fingerprint density at radius 3 is 2.78 bits per heavy atom. The minimum absolute atomic E-state index is 0.00889. The Labute approximate surface area is 107 Å². The number of carbonyl (C=O) groups is 1. The van der Waals surface area contributed by atoms with Gasteiger partial charge in [0.15, 0.2) is 5.78 Å². The summed E-state index contributed by atoms with van der Waals surface area (Å²) in [6.07, 6.45) is 0. The fourth-order valence-corrected chi connectivity index (χ4v) is 2.86. The summed E-state index contributed by atoms with van der Waals surface area (Å²) in [5.41, 5.74) is 0.327. The van der Waals surface area contributed by atoms with Gasteiger partial charge in [-0.15, -0.1) is 0 Å². The maximum atomic E-state index is 12.0. The number of aromatic nitrogens is 3. The van der Waals surface area contributed by atoms with Crippen LogP contribution < -0.4 is 4.72 Å². The van der Waals surface area contributed by atoms with Gasteiger partial charge >= 0.3 is 0 Å². The maximum Gasteiger partial charge on any atom is 0.263 e. The first-order chi connectivity index (χ1) is 8.49. The van der Waals surface area contributed by atoms with Gasteiger partial charge in [0.2, 0.25) is 5.13 Å². The van der Waals surface area contributed by atoms with Crippen LogP contribution in [0.5, 0.6) is 0 Å². The quantitative estimate of drug-likeness (QED) is 0.838. The van der Waals surface area contributed by atoms with Crippen molar-refractivity contribution in [3.05, 3.63) is 29.8 Å². The zero-order chi connectivity index (χ0) is 13.2. The zero-order valence-corrected chi connectivity index (χ0v) is 10.8. The van der Waals surface area contributed by atoms with E-state index < -0.39 is 10.0 Å². The molecule has 0 aliphatic heterocycles. The largest absolute Gasteiger partial charge is 0.295 e. The second-order valence-corrected chi connectivity index (χ2v) is 5.77. The first-order valence-corrected chi connectivity index (χ1v) is 7.03. The van der Waals surface area contributed by atoms with Crippen molar-refractivity contribution in [2.24, 2.45) is 0 Å². The Bertz CT molecular complexity index is 667. The molecule has 2 aromatic rings. The summed E-state index contributed by atoms with van der Waals surface area (Å²) in [5, 5.41) is 6.84. The number of hydrogen-bond acceptors (Lipinski definition) is 7. The van der Waals surface area contributed by atoms with Gasteiger partial charge in [-0.1, -0.05) is 21.7 Å². The third kappa shape index (κ3) is 2.68. The molecule has 1 heterocycles. The van der Waals surface area contributed by atoms with Crippen LogP contribution in [-0.2, 0) is 10.0 Å². The van der Waals surface area contributed by atoms with Crippen molar-refractivity contribution in [2.45, 2.75) is 11.8 Å². The monoisotopic (exact) mass is 284 g/mol. The lowest BCUT2D eigenvalue weighted by Gasteiger charge is -2.05. The van der Waals surface area contributed by atoms with Gasteiger partial charge in [-0.05, 0) is 24.3 Å².